The largest absolute Gasteiger partial charge is 0.368 e. The van der Waals surface area contributed by atoms with Gasteiger partial charge in [0.2, 0.25) is 5.95 Å². The van der Waals surface area contributed by atoms with E-state index in [-0.39, 0.29) is 12.1 Å². The Morgan fingerprint density at radius 2 is 2.11 bits per heavy atom. The maximum Gasteiger partial charge on any atom is 0.222 e. The maximum absolute atomic E-state index is 5.89. The van der Waals surface area contributed by atoms with Crippen LogP contribution in [0.1, 0.15) is 24.8 Å². The molecule has 1 fully saturated rings. The standard InChI is InChI=1S/C13H17N5O/c1-18-8-7-14-12(18)11-10(4-2-9-19-11)17-13-15-5-3-6-16-13/h3,5-8,10-11H,2,4,9H2,1H3,(H,15,16,17)/t10-,11-/m0/s1. The molecule has 0 aliphatic carbocycles. The number of anilines is 1. The van der Waals surface area contributed by atoms with Crippen molar-refractivity contribution in [3.63, 3.8) is 0 Å². The van der Waals surface area contributed by atoms with Crippen LogP contribution in [0, 0.1) is 0 Å². The molecule has 2 atom stereocenters. The fourth-order valence-corrected chi connectivity index (χ4v) is 2.37. The number of hydrogen-bond acceptors (Lipinski definition) is 5. The second-order valence-electron chi connectivity index (χ2n) is 4.65. The van der Waals surface area contributed by atoms with Crippen molar-refractivity contribution in [1.29, 1.82) is 0 Å². The van der Waals surface area contributed by atoms with Crippen LogP contribution in [0.4, 0.5) is 5.95 Å². The van der Waals surface area contributed by atoms with Gasteiger partial charge in [0.05, 0.1) is 6.04 Å². The Morgan fingerprint density at radius 3 is 2.84 bits per heavy atom. The topological polar surface area (TPSA) is 64.9 Å². The molecule has 3 heterocycles. The van der Waals surface area contributed by atoms with Crippen molar-refractivity contribution in [2.75, 3.05) is 11.9 Å². The van der Waals surface area contributed by atoms with Crippen LogP contribution in [-0.2, 0) is 11.8 Å². The predicted molar refractivity (Wildman–Crippen MR) is 70.6 cm³/mol. The Hall–Kier alpha value is -1.95. The molecule has 0 saturated carbocycles. The highest BCUT2D eigenvalue weighted by Gasteiger charge is 2.30. The van der Waals surface area contributed by atoms with Gasteiger partial charge in [0.25, 0.3) is 0 Å². The quantitative estimate of drug-likeness (QED) is 0.905. The van der Waals surface area contributed by atoms with Gasteiger partial charge in [-0.15, -0.1) is 0 Å². The van der Waals surface area contributed by atoms with Crippen molar-refractivity contribution in [3.05, 3.63) is 36.7 Å². The second kappa shape index (κ2) is 5.36. The molecule has 1 aliphatic rings. The lowest BCUT2D eigenvalue weighted by Crippen LogP contribution is -2.35. The summed E-state index contributed by atoms with van der Waals surface area (Å²) >= 11 is 0. The van der Waals surface area contributed by atoms with E-state index in [4.69, 9.17) is 4.74 Å². The Labute approximate surface area is 111 Å². The molecule has 100 valence electrons. The monoisotopic (exact) mass is 259 g/mol. The minimum absolute atomic E-state index is 0.0578. The summed E-state index contributed by atoms with van der Waals surface area (Å²) in [5.74, 6) is 1.57. The highest BCUT2D eigenvalue weighted by Crippen LogP contribution is 2.28. The fraction of sp³-hybridized carbons (Fsp3) is 0.462. The highest BCUT2D eigenvalue weighted by molar-refractivity contribution is 5.26. The predicted octanol–water partition coefficient (Wildman–Crippen LogP) is 1.54. The van der Waals surface area contributed by atoms with Crippen molar-refractivity contribution in [2.45, 2.75) is 25.0 Å². The SMILES string of the molecule is Cn1ccnc1[C@H]1OCCC[C@@H]1Nc1ncccn1. The molecule has 6 heteroatoms. The van der Waals surface area contributed by atoms with Gasteiger partial charge in [0.15, 0.2) is 0 Å². The minimum atomic E-state index is -0.0578. The molecular weight excluding hydrogens is 242 g/mol. The van der Waals surface area contributed by atoms with Gasteiger partial charge in [-0.3, -0.25) is 0 Å². The van der Waals surface area contributed by atoms with Gasteiger partial charge in [-0.1, -0.05) is 0 Å². The normalized spacial score (nSPS) is 23.2. The van der Waals surface area contributed by atoms with Crippen LogP contribution in [-0.4, -0.2) is 32.2 Å². The van der Waals surface area contributed by atoms with E-state index < -0.39 is 0 Å². The first-order chi connectivity index (χ1) is 9.34. The number of rotatable bonds is 3. The van der Waals surface area contributed by atoms with E-state index in [2.05, 4.69) is 20.3 Å². The first kappa shape index (κ1) is 12.1. The van der Waals surface area contributed by atoms with Crippen molar-refractivity contribution in [2.24, 2.45) is 7.05 Å². The highest BCUT2D eigenvalue weighted by atomic mass is 16.5. The van der Waals surface area contributed by atoms with E-state index in [1.165, 1.54) is 0 Å². The summed E-state index contributed by atoms with van der Waals surface area (Å²) < 4.78 is 7.88. The molecule has 2 aromatic heterocycles. The Bertz CT molecular complexity index is 527. The Balaban J connectivity index is 1.80. The van der Waals surface area contributed by atoms with Crippen molar-refractivity contribution in [3.8, 4) is 0 Å². The number of nitrogens with one attached hydrogen (secondary N) is 1. The number of aryl methyl sites for hydroxylation is 1. The average Bonchev–Trinajstić information content (AvgIpc) is 2.87. The molecule has 1 aliphatic heterocycles. The number of ether oxygens (including phenoxy) is 1. The molecule has 3 rings (SSSR count). The van der Waals surface area contributed by atoms with Crippen LogP contribution in [0.25, 0.3) is 0 Å². The zero-order chi connectivity index (χ0) is 13.1. The number of aromatic nitrogens is 4. The van der Waals surface area contributed by atoms with Crippen LogP contribution >= 0.6 is 0 Å². The Morgan fingerprint density at radius 1 is 1.26 bits per heavy atom. The van der Waals surface area contributed by atoms with E-state index in [9.17, 15) is 0 Å². The van der Waals surface area contributed by atoms with Gasteiger partial charge in [-0.05, 0) is 18.9 Å². The van der Waals surface area contributed by atoms with Crippen LogP contribution in [0.15, 0.2) is 30.9 Å². The molecule has 19 heavy (non-hydrogen) atoms. The third-order valence-corrected chi connectivity index (χ3v) is 3.32. The molecular formula is C13H17N5O. The first-order valence-corrected chi connectivity index (χ1v) is 6.47. The maximum atomic E-state index is 5.89. The second-order valence-corrected chi connectivity index (χ2v) is 4.65. The van der Waals surface area contributed by atoms with Gasteiger partial charge in [-0.25, -0.2) is 15.0 Å². The molecule has 0 bridgehead atoms. The number of imidazole rings is 1. The zero-order valence-electron chi connectivity index (χ0n) is 10.9. The molecule has 0 unspecified atom stereocenters. The van der Waals surface area contributed by atoms with Gasteiger partial charge in [0.1, 0.15) is 11.9 Å². The summed E-state index contributed by atoms with van der Waals surface area (Å²) in [4.78, 5) is 12.8. The molecule has 0 radical (unpaired) electrons. The van der Waals surface area contributed by atoms with Gasteiger partial charge >= 0.3 is 0 Å². The molecule has 6 nitrogen and oxygen atoms in total. The smallest absolute Gasteiger partial charge is 0.222 e. The summed E-state index contributed by atoms with van der Waals surface area (Å²) in [6, 6.07) is 1.95. The molecule has 2 aromatic rings. The van der Waals surface area contributed by atoms with Gasteiger partial charge in [0, 0.05) is 38.4 Å². The van der Waals surface area contributed by atoms with Crippen LogP contribution in [0.5, 0.6) is 0 Å². The Kier molecular flexibility index (Phi) is 3.41. The van der Waals surface area contributed by atoms with Crippen LogP contribution < -0.4 is 5.32 Å². The van der Waals surface area contributed by atoms with E-state index >= 15 is 0 Å². The van der Waals surface area contributed by atoms with E-state index in [1.54, 1.807) is 24.7 Å². The molecule has 0 amide bonds. The fourth-order valence-electron chi connectivity index (χ4n) is 2.37. The zero-order valence-corrected chi connectivity index (χ0v) is 10.9. The van der Waals surface area contributed by atoms with E-state index in [0.29, 0.717) is 5.95 Å². The summed E-state index contributed by atoms with van der Waals surface area (Å²) in [6.07, 6.45) is 9.19. The average molecular weight is 259 g/mol. The van der Waals surface area contributed by atoms with Crippen molar-refractivity contribution >= 4 is 5.95 Å². The summed E-state index contributed by atoms with van der Waals surface area (Å²) in [7, 11) is 1.98. The number of hydrogen-bond donors (Lipinski definition) is 1. The van der Waals surface area contributed by atoms with Crippen molar-refractivity contribution < 1.29 is 4.74 Å². The van der Waals surface area contributed by atoms with E-state index in [0.717, 1.165) is 25.3 Å². The number of nitrogens with zero attached hydrogens (tertiary/aromatic N) is 4. The minimum Gasteiger partial charge on any atom is -0.368 e. The third kappa shape index (κ3) is 2.58. The van der Waals surface area contributed by atoms with Gasteiger partial charge in [-0.2, -0.15) is 0 Å². The van der Waals surface area contributed by atoms with Crippen LogP contribution in [0.3, 0.4) is 0 Å². The van der Waals surface area contributed by atoms with E-state index in [1.807, 2.05) is 17.8 Å². The first-order valence-electron chi connectivity index (χ1n) is 6.47. The summed E-state index contributed by atoms with van der Waals surface area (Å²) in [5.41, 5.74) is 0. The van der Waals surface area contributed by atoms with Gasteiger partial charge < -0.3 is 14.6 Å². The molecule has 0 spiro atoms. The molecule has 1 N–H and O–H groups in total. The summed E-state index contributed by atoms with van der Waals surface area (Å²) in [5, 5.41) is 3.35. The lowest BCUT2D eigenvalue weighted by Gasteiger charge is -2.31. The summed E-state index contributed by atoms with van der Waals surface area (Å²) in [6.45, 7) is 0.769. The molecule has 1 saturated heterocycles. The lowest BCUT2D eigenvalue weighted by molar-refractivity contribution is -0.00145. The molecule has 0 aromatic carbocycles. The lowest BCUT2D eigenvalue weighted by atomic mass is 10.0. The third-order valence-electron chi connectivity index (χ3n) is 3.32. The van der Waals surface area contributed by atoms with Crippen molar-refractivity contribution in [1.82, 2.24) is 19.5 Å². The van der Waals surface area contributed by atoms with Crippen LogP contribution in [0.2, 0.25) is 0 Å².